The second-order valence-corrected chi connectivity index (χ2v) is 8.00. The maximum atomic E-state index is 12.7. The molecule has 3 aromatic heterocycles. The highest BCUT2D eigenvalue weighted by Crippen LogP contribution is 2.28. The normalized spacial score (nSPS) is 16.5. The first-order valence-corrected chi connectivity index (χ1v) is 10.8. The molecule has 0 amide bonds. The first-order valence-electron chi connectivity index (χ1n) is 10.8. The van der Waals surface area contributed by atoms with Crippen LogP contribution in [-0.2, 0) is 11.8 Å². The van der Waals surface area contributed by atoms with Crippen molar-refractivity contribution >= 4 is 5.95 Å². The first kappa shape index (κ1) is 21.0. The maximum Gasteiger partial charge on any atom is 0.255 e. The average Bonchev–Trinajstić information content (AvgIpc) is 3.13. The summed E-state index contributed by atoms with van der Waals surface area (Å²) in [5.74, 6) is 1.69. The Labute approximate surface area is 190 Å². The summed E-state index contributed by atoms with van der Waals surface area (Å²) in [5, 5.41) is 4.02. The van der Waals surface area contributed by atoms with Gasteiger partial charge in [-0.3, -0.25) is 14.3 Å². The Bertz CT molecular complexity index is 1320. The summed E-state index contributed by atoms with van der Waals surface area (Å²) in [5.41, 5.74) is 3.26. The van der Waals surface area contributed by atoms with Gasteiger partial charge >= 0.3 is 0 Å². The quantitative estimate of drug-likeness (QED) is 0.473. The molecular formula is C24H24N6O3. The van der Waals surface area contributed by atoms with Crippen molar-refractivity contribution in [3.05, 3.63) is 76.7 Å². The average molecular weight is 444 g/mol. The fourth-order valence-electron chi connectivity index (χ4n) is 3.98. The van der Waals surface area contributed by atoms with Crippen molar-refractivity contribution in [3.63, 3.8) is 0 Å². The van der Waals surface area contributed by atoms with E-state index < -0.39 is 0 Å². The van der Waals surface area contributed by atoms with Crippen LogP contribution in [0.1, 0.15) is 24.0 Å². The van der Waals surface area contributed by atoms with E-state index >= 15 is 0 Å². The molecule has 1 fully saturated rings. The highest BCUT2D eigenvalue weighted by atomic mass is 16.5. The van der Waals surface area contributed by atoms with Gasteiger partial charge in [0.05, 0.1) is 12.2 Å². The highest BCUT2D eigenvalue weighted by molar-refractivity contribution is 5.60. The molecule has 1 aromatic carbocycles. The van der Waals surface area contributed by atoms with Crippen LogP contribution in [0, 0.1) is 6.92 Å². The number of nitrogens with zero attached hydrogens (tertiary/aromatic N) is 6. The molecule has 9 nitrogen and oxygen atoms in total. The van der Waals surface area contributed by atoms with Crippen LogP contribution in [0.4, 0.5) is 5.95 Å². The molecule has 4 heterocycles. The molecule has 0 N–H and O–H groups in total. The zero-order valence-corrected chi connectivity index (χ0v) is 18.5. The van der Waals surface area contributed by atoms with Crippen LogP contribution in [0.5, 0.6) is 0 Å². The Morgan fingerprint density at radius 3 is 2.70 bits per heavy atom. The molecule has 1 saturated heterocycles. The third-order valence-electron chi connectivity index (χ3n) is 5.69. The van der Waals surface area contributed by atoms with Crippen LogP contribution < -0.4 is 10.5 Å². The Morgan fingerprint density at radius 1 is 1.06 bits per heavy atom. The van der Waals surface area contributed by atoms with Gasteiger partial charge in [0.2, 0.25) is 17.7 Å². The number of anilines is 1. The molecule has 33 heavy (non-hydrogen) atoms. The predicted octanol–water partition coefficient (Wildman–Crippen LogP) is 3.17. The van der Waals surface area contributed by atoms with Gasteiger partial charge in [0, 0.05) is 56.7 Å². The van der Waals surface area contributed by atoms with E-state index in [-0.39, 0.29) is 11.7 Å². The molecule has 0 unspecified atom stereocenters. The van der Waals surface area contributed by atoms with E-state index in [1.165, 1.54) is 0 Å². The summed E-state index contributed by atoms with van der Waals surface area (Å²) in [6, 6.07) is 13.2. The van der Waals surface area contributed by atoms with E-state index in [9.17, 15) is 4.79 Å². The number of rotatable bonds is 4. The fourth-order valence-corrected chi connectivity index (χ4v) is 3.98. The molecule has 0 radical (unpaired) electrons. The minimum atomic E-state index is -0.193. The van der Waals surface area contributed by atoms with Crippen molar-refractivity contribution in [1.29, 1.82) is 0 Å². The molecule has 5 rings (SSSR count). The second-order valence-electron chi connectivity index (χ2n) is 8.00. The Hall–Kier alpha value is -3.85. The molecule has 0 spiro atoms. The lowest BCUT2D eigenvalue weighted by Crippen LogP contribution is -2.34. The molecule has 0 aliphatic carbocycles. The van der Waals surface area contributed by atoms with Crippen molar-refractivity contribution in [2.45, 2.75) is 19.4 Å². The van der Waals surface area contributed by atoms with Crippen LogP contribution in [0.2, 0.25) is 0 Å². The van der Waals surface area contributed by atoms with Crippen molar-refractivity contribution in [2.24, 2.45) is 7.05 Å². The van der Waals surface area contributed by atoms with Gasteiger partial charge in [-0.15, -0.1) is 0 Å². The van der Waals surface area contributed by atoms with Crippen molar-refractivity contribution < 1.29 is 9.26 Å². The highest BCUT2D eigenvalue weighted by Gasteiger charge is 2.24. The van der Waals surface area contributed by atoms with Crippen LogP contribution in [0.15, 0.2) is 64.2 Å². The Morgan fingerprint density at radius 2 is 1.91 bits per heavy atom. The summed E-state index contributed by atoms with van der Waals surface area (Å²) in [6.07, 6.45) is 4.03. The SMILES string of the molecule is Cc1nc(-c2cccc([C@H]3CN(c4nc(-c5ccncc5)cc(=O)n4C)CCCO3)c2)no1. The first-order chi connectivity index (χ1) is 16.1. The molecule has 4 aromatic rings. The second kappa shape index (κ2) is 8.95. The fraction of sp³-hybridized carbons (Fsp3) is 0.292. The molecule has 1 atom stereocenters. The molecule has 1 aliphatic rings. The van der Waals surface area contributed by atoms with E-state index in [2.05, 4.69) is 20.0 Å². The van der Waals surface area contributed by atoms with Crippen LogP contribution in [0.3, 0.4) is 0 Å². The Balaban J connectivity index is 1.47. The lowest BCUT2D eigenvalue weighted by atomic mass is 10.1. The number of hydrogen-bond donors (Lipinski definition) is 0. The summed E-state index contributed by atoms with van der Waals surface area (Å²) in [4.78, 5) is 28.1. The number of ether oxygens (including phenoxy) is 1. The standard InChI is InChI=1S/C24H24N6O3/c1-16-26-23(28-33-16)19-6-3-5-18(13-19)21-15-30(11-4-12-32-21)24-27-20(14-22(31)29(24)2)17-7-9-25-10-8-17/h3,5-10,13-14,21H,4,11-12,15H2,1-2H3/t21-/m1/s1. The van der Waals surface area contributed by atoms with Gasteiger partial charge in [-0.1, -0.05) is 23.4 Å². The van der Waals surface area contributed by atoms with Crippen LogP contribution >= 0.6 is 0 Å². The van der Waals surface area contributed by atoms with Gasteiger partial charge in [-0.2, -0.15) is 4.98 Å². The predicted molar refractivity (Wildman–Crippen MR) is 123 cm³/mol. The van der Waals surface area contributed by atoms with E-state index in [0.29, 0.717) is 36.5 Å². The zero-order valence-electron chi connectivity index (χ0n) is 18.5. The third-order valence-corrected chi connectivity index (χ3v) is 5.69. The largest absolute Gasteiger partial charge is 0.372 e. The van der Waals surface area contributed by atoms with Crippen LogP contribution in [-0.4, -0.2) is 44.4 Å². The minimum absolute atomic E-state index is 0.108. The molecule has 168 valence electrons. The molecular weight excluding hydrogens is 420 g/mol. The lowest BCUT2D eigenvalue weighted by molar-refractivity contribution is 0.0686. The molecule has 0 saturated carbocycles. The van der Waals surface area contributed by atoms with Gasteiger partial charge in [-0.25, -0.2) is 4.98 Å². The van der Waals surface area contributed by atoms with E-state index in [1.54, 1.807) is 37.0 Å². The monoisotopic (exact) mass is 444 g/mol. The van der Waals surface area contributed by atoms with Crippen molar-refractivity contribution in [1.82, 2.24) is 24.7 Å². The number of benzene rings is 1. The third kappa shape index (κ3) is 4.40. The zero-order chi connectivity index (χ0) is 22.8. The smallest absolute Gasteiger partial charge is 0.255 e. The van der Waals surface area contributed by atoms with E-state index in [1.807, 2.05) is 36.4 Å². The number of aryl methyl sites for hydroxylation is 1. The minimum Gasteiger partial charge on any atom is -0.372 e. The molecule has 1 aliphatic heterocycles. The van der Waals surface area contributed by atoms with Crippen molar-refractivity contribution in [3.8, 4) is 22.6 Å². The maximum absolute atomic E-state index is 12.7. The van der Waals surface area contributed by atoms with Crippen LogP contribution in [0.25, 0.3) is 22.6 Å². The summed E-state index contributed by atoms with van der Waals surface area (Å²) >= 11 is 0. The summed E-state index contributed by atoms with van der Waals surface area (Å²) in [7, 11) is 1.75. The van der Waals surface area contributed by atoms with Gasteiger partial charge in [0.15, 0.2) is 0 Å². The number of aromatic nitrogens is 5. The summed E-state index contributed by atoms with van der Waals surface area (Å²) < 4.78 is 12.9. The van der Waals surface area contributed by atoms with Gasteiger partial charge in [-0.05, 0) is 30.2 Å². The van der Waals surface area contributed by atoms with Gasteiger partial charge in [0.25, 0.3) is 5.56 Å². The lowest BCUT2D eigenvalue weighted by Gasteiger charge is -2.27. The topological polar surface area (TPSA) is 99.2 Å². The number of pyridine rings is 1. The number of hydrogen-bond acceptors (Lipinski definition) is 8. The van der Waals surface area contributed by atoms with Gasteiger partial charge < -0.3 is 14.2 Å². The van der Waals surface area contributed by atoms with E-state index in [0.717, 1.165) is 29.7 Å². The van der Waals surface area contributed by atoms with Gasteiger partial charge in [0.1, 0.15) is 6.10 Å². The summed E-state index contributed by atoms with van der Waals surface area (Å²) in [6.45, 7) is 3.68. The van der Waals surface area contributed by atoms with E-state index in [4.69, 9.17) is 14.2 Å². The Kier molecular flexibility index (Phi) is 5.70. The van der Waals surface area contributed by atoms with Crippen molar-refractivity contribution in [2.75, 3.05) is 24.6 Å². The molecule has 9 heteroatoms. The molecule has 0 bridgehead atoms.